The first kappa shape index (κ1) is 15.7. The van der Waals surface area contributed by atoms with Gasteiger partial charge in [-0.25, -0.2) is 0 Å². The quantitative estimate of drug-likeness (QED) is 0.914. The van der Waals surface area contributed by atoms with Crippen LogP contribution in [0.25, 0.3) is 0 Å². The van der Waals surface area contributed by atoms with Crippen molar-refractivity contribution in [3.63, 3.8) is 0 Å². The van der Waals surface area contributed by atoms with Crippen molar-refractivity contribution in [3.05, 3.63) is 53.9 Å². The molecule has 0 aliphatic carbocycles. The van der Waals surface area contributed by atoms with Crippen LogP contribution in [0.3, 0.4) is 0 Å². The van der Waals surface area contributed by atoms with E-state index in [4.69, 9.17) is 4.74 Å². The smallest absolute Gasteiger partial charge is 0.257 e. The third-order valence-corrected chi connectivity index (χ3v) is 3.95. The zero-order chi connectivity index (χ0) is 16.1. The van der Waals surface area contributed by atoms with Crippen LogP contribution in [0.5, 0.6) is 0 Å². The zero-order valence-electron chi connectivity index (χ0n) is 13.0. The van der Waals surface area contributed by atoms with Crippen LogP contribution in [0, 0.1) is 5.92 Å². The lowest BCUT2D eigenvalue weighted by atomic mass is 10.1. The van der Waals surface area contributed by atoms with E-state index in [1.54, 1.807) is 22.0 Å². The Morgan fingerprint density at radius 1 is 1.35 bits per heavy atom. The SMILES string of the molecule is O=C(c1cnn(Cc2ccccc2)c1)N1CCOC[C@@H](CO)C1. The molecule has 1 aliphatic rings. The molecule has 2 aromatic rings. The summed E-state index contributed by atoms with van der Waals surface area (Å²) in [5.41, 5.74) is 1.71. The lowest BCUT2D eigenvalue weighted by Crippen LogP contribution is -2.36. The van der Waals surface area contributed by atoms with Crippen LogP contribution in [-0.4, -0.2) is 58.6 Å². The topological polar surface area (TPSA) is 67.6 Å². The predicted molar refractivity (Wildman–Crippen MR) is 85.1 cm³/mol. The first-order valence-electron chi connectivity index (χ1n) is 7.80. The van der Waals surface area contributed by atoms with Crippen molar-refractivity contribution < 1.29 is 14.6 Å². The molecule has 1 amide bonds. The van der Waals surface area contributed by atoms with Crippen molar-refractivity contribution in [2.75, 3.05) is 32.9 Å². The molecule has 6 nitrogen and oxygen atoms in total. The minimum Gasteiger partial charge on any atom is -0.396 e. The maximum Gasteiger partial charge on any atom is 0.257 e. The number of amides is 1. The Bertz CT molecular complexity index is 642. The van der Waals surface area contributed by atoms with Gasteiger partial charge in [0, 0.05) is 31.8 Å². The number of aliphatic hydroxyl groups is 1. The summed E-state index contributed by atoms with van der Waals surface area (Å²) in [6, 6.07) is 10.00. The maximum absolute atomic E-state index is 12.6. The van der Waals surface area contributed by atoms with Crippen molar-refractivity contribution in [1.29, 1.82) is 0 Å². The van der Waals surface area contributed by atoms with Gasteiger partial charge in [0.1, 0.15) is 0 Å². The van der Waals surface area contributed by atoms with Crippen molar-refractivity contribution in [2.24, 2.45) is 5.92 Å². The van der Waals surface area contributed by atoms with Crippen LogP contribution >= 0.6 is 0 Å². The van der Waals surface area contributed by atoms with Gasteiger partial charge in [0.15, 0.2) is 0 Å². The molecule has 1 aliphatic heterocycles. The highest BCUT2D eigenvalue weighted by atomic mass is 16.5. The van der Waals surface area contributed by atoms with Gasteiger partial charge in [0.2, 0.25) is 0 Å². The second kappa shape index (κ2) is 7.39. The maximum atomic E-state index is 12.6. The fraction of sp³-hybridized carbons (Fsp3) is 0.412. The summed E-state index contributed by atoms with van der Waals surface area (Å²) in [7, 11) is 0. The Labute approximate surface area is 135 Å². The van der Waals surface area contributed by atoms with Crippen molar-refractivity contribution in [2.45, 2.75) is 6.54 Å². The van der Waals surface area contributed by atoms with E-state index in [-0.39, 0.29) is 18.4 Å². The van der Waals surface area contributed by atoms with Gasteiger partial charge >= 0.3 is 0 Å². The van der Waals surface area contributed by atoms with Gasteiger partial charge in [0.25, 0.3) is 5.91 Å². The molecule has 0 bridgehead atoms. The number of hydrogen-bond acceptors (Lipinski definition) is 4. The molecule has 1 N–H and O–H groups in total. The molecule has 23 heavy (non-hydrogen) atoms. The summed E-state index contributed by atoms with van der Waals surface area (Å²) >= 11 is 0. The van der Waals surface area contributed by atoms with E-state index < -0.39 is 0 Å². The van der Waals surface area contributed by atoms with Crippen molar-refractivity contribution in [1.82, 2.24) is 14.7 Å². The van der Waals surface area contributed by atoms with E-state index in [1.807, 2.05) is 30.3 Å². The number of hydrogen-bond donors (Lipinski definition) is 1. The van der Waals surface area contributed by atoms with E-state index in [0.29, 0.717) is 38.4 Å². The monoisotopic (exact) mass is 315 g/mol. The second-order valence-electron chi connectivity index (χ2n) is 5.79. The van der Waals surface area contributed by atoms with Crippen molar-refractivity contribution >= 4 is 5.91 Å². The molecule has 0 unspecified atom stereocenters. The highest BCUT2D eigenvalue weighted by molar-refractivity contribution is 5.93. The van der Waals surface area contributed by atoms with Gasteiger partial charge in [-0.05, 0) is 5.56 Å². The van der Waals surface area contributed by atoms with Crippen LogP contribution < -0.4 is 0 Å². The standard InChI is InChI=1S/C17H21N3O3/c21-12-15-9-19(6-7-23-13-15)17(22)16-8-18-20(11-16)10-14-4-2-1-3-5-14/h1-5,8,11,15,21H,6-7,9-10,12-13H2/t15-/m1/s1. The van der Waals surface area contributed by atoms with E-state index in [9.17, 15) is 9.90 Å². The molecular weight excluding hydrogens is 294 g/mol. The molecule has 0 spiro atoms. The first-order valence-corrected chi connectivity index (χ1v) is 7.80. The summed E-state index contributed by atoms with van der Waals surface area (Å²) in [6.45, 7) is 2.71. The summed E-state index contributed by atoms with van der Waals surface area (Å²) in [5, 5.41) is 13.6. The Morgan fingerprint density at radius 3 is 2.96 bits per heavy atom. The van der Waals surface area contributed by atoms with Crippen LogP contribution in [0.1, 0.15) is 15.9 Å². The molecule has 0 saturated carbocycles. The summed E-state index contributed by atoms with van der Waals surface area (Å²) in [5.74, 6) is -0.0888. The van der Waals surface area contributed by atoms with Gasteiger partial charge in [-0.2, -0.15) is 5.10 Å². The number of ether oxygens (including phenoxy) is 1. The van der Waals surface area contributed by atoms with Crippen LogP contribution in [0.4, 0.5) is 0 Å². The molecule has 1 atom stereocenters. The molecule has 0 radical (unpaired) electrons. The van der Waals surface area contributed by atoms with Crippen LogP contribution in [0.15, 0.2) is 42.7 Å². The average Bonchev–Trinajstić information content (AvgIpc) is 2.91. The Morgan fingerprint density at radius 2 is 2.17 bits per heavy atom. The minimum absolute atomic E-state index is 0.0249. The fourth-order valence-corrected chi connectivity index (χ4v) is 2.69. The third-order valence-electron chi connectivity index (χ3n) is 3.95. The molecule has 1 saturated heterocycles. The Hall–Kier alpha value is -2.18. The molecule has 1 aromatic carbocycles. The Balaban J connectivity index is 1.68. The lowest BCUT2D eigenvalue weighted by molar-refractivity contribution is 0.0728. The van der Waals surface area contributed by atoms with Gasteiger partial charge in [-0.1, -0.05) is 30.3 Å². The average molecular weight is 315 g/mol. The highest BCUT2D eigenvalue weighted by Gasteiger charge is 2.23. The highest BCUT2D eigenvalue weighted by Crippen LogP contribution is 2.12. The summed E-state index contributed by atoms with van der Waals surface area (Å²) < 4.78 is 7.19. The zero-order valence-corrected chi connectivity index (χ0v) is 13.0. The van der Waals surface area contributed by atoms with Gasteiger partial charge in [0.05, 0.1) is 31.5 Å². The number of aromatic nitrogens is 2. The second-order valence-corrected chi connectivity index (χ2v) is 5.79. The van der Waals surface area contributed by atoms with Crippen LogP contribution in [0.2, 0.25) is 0 Å². The largest absolute Gasteiger partial charge is 0.396 e. The third kappa shape index (κ3) is 3.97. The number of nitrogens with zero attached hydrogens (tertiary/aromatic N) is 3. The summed E-state index contributed by atoms with van der Waals surface area (Å²) in [4.78, 5) is 14.3. The molecule has 122 valence electrons. The summed E-state index contributed by atoms with van der Waals surface area (Å²) in [6.07, 6.45) is 3.38. The van der Waals surface area contributed by atoms with Crippen molar-refractivity contribution in [3.8, 4) is 0 Å². The first-order chi connectivity index (χ1) is 11.3. The van der Waals surface area contributed by atoms with Crippen LogP contribution in [-0.2, 0) is 11.3 Å². The lowest BCUT2D eigenvalue weighted by Gasteiger charge is -2.21. The predicted octanol–water partition coefficient (Wildman–Crippen LogP) is 1.01. The van der Waals surface area contributed by atoms with E-state index in [1.165, 1.54) is 0 Å². The molecule has 1 fully saturated rings. The van der Waals surface area contributed by atoms with Gasteiger partial charge < -0.3 is 14.7 Å². The van der Waals surface area contributed by atoms with E-state index in [2.05, 4.69) is 5.10 Å². The number of aliphatic hydroxyl groups excluding tert-OH is 1. The molecule has 1 aromatic heterocycles. The molecule has 6 heteroatoms. The molecular formula is C17H21N3O3. The number of carbonyl (C=O) groups is 1. The number of benzene rings is 1. The normalized spacial score (nSPS) is 18.7. The number of rotatable bonds is 4. The molecule has 3 rings (SSSR count). The minimum atomic E-state index is -0.0618. The van der Waals surface area contributed by atoms with E-state index in [0.717, 1.165) is 5.56 Å². The fourth-order valence-electron chi connectivity index (χ4n) is 2.69. The number of carbonyl (C=O) groups excluding carboxylic acids is 1. The van der Waals surface area contributed by atoms with Gasteiger partial charge in [-0.15, -0.1) is 0 Å². The van der Waals surface area contributed by atoms with Gasteiger partial charge in [-0.3, -0.25) is 9.48 Å². The Kier molecular flexibility index (Phi) is 5.05. The molecule has 2 heterocycles. The van der Waals surface area contributed by atoms with E-state index >= 15 is 0 Å².